The number of phenols is 1. The van der Waals surface area contributed by atoms with Gasteiger partial charge in [-0.2, -0.15) is 0 Å². The molecule has 1 heterocycles. The van der Waals surface area contributed by atoms with Gasteiger partial charge in [0, 0.05) is 12.1 Å². The Labute approximate surface area is 99.0 Å². The van der Waals surface area contributed by atoms with Crippen molar-refractivity contribution in [3.63, 3.8) is 0 Å². The minimum atomic E-state index is -0.780. The molecule has 0 saturated carbocycles. The molecule has 1 aliphatic heterocycles. The second-order valence-electron chi connectivity index (χ2n) is 3.91. The predicted octanol–water partition coefficient (Wildman–Crippen LogP) is 0.412. The molecule has 2 amide bonds. The topological polar surface area (TPSA) is 69.6 Å². The number of piperazine rings is 1. The summed E-state index contributed by atoms with van der Waals surface area (Å²) in [6.07, 6.45) is 0. The maximum Gasteiger partial charge on any atom is 0.250 e. The van der Waals surface area contributed by atoms with Gasteiger partial charge in [0.05, 0.1) is 6.54 Å². The van der Waals surface area contributed by atoms with Gasteiger partial charge in [-0.05, 0) is 13.0 Å². The minimum absolute atomic E-state index is 0.0177. The van der Waals surface area contributed by atoms with Crippen LogP contribution >= 0.6 is 0 Å². The Hall–Kier alpha value is -2.04. The molecule has 0 unspecified atom stereocenters. The van der Waals surface area contributed by atoms with Crippen molar-refractivity contribution in [1.82, 2.24) is 10.2 Å². The number of amides is 2. The summed E-state index contributed by atoms with van der Waals surface area (Å²) in [7, 11) is 0. The zero-order valence-electron chi connectivity index (χ0n) is 9.51. The van der Waals surface area contributed by atoms with Crippen LogP contribution in [0.15, 0.2) is 24.3 Å². The molecule has 2 rings (SSSR count). The summed E-state index contributed by atoms with van der Waals surface area (Å²) >= 11 is 0. The van der Waals surface area contributed by atoms with Crippen molar-refractivity contribution in [1.29, 1.82) is 0 Å². The Morgan fingerprint density at radius 3 is 2.76 bits per heavy atom. The van der Waals surface area contributed by atoms with Gasteiger partial charge in [-0.25, -0.2) is 0 Å². The Morgan fingerprint density at radius 2 is 2.12 bits per heavy atom. The van der Waals surface area contributed by atoms with E-state index in [-0.39, 0.29) is 24.1 Å². The highest BCUT2D eigenvalue weighted by molar-refractivity contribution is 5.95. The maximum absolute atomic E-state index is 12.1. The lowest BCUT2D eigenvalue weighted by Gasteiger charge is -2.32. The van der Waals surface area contributed by atoms with E-state index in [1.807, 2.05) is 6.92 Å². The molecule has 2 N–H and O–H groups in total. The smallest absolute Gasteiger partial charge is 0.250 e. The van der Waals surface area contributed by atoms with Crippen LogP contribution in [0.5, 0.6) is 5.75 Å². The van der Waals surface area contributed by atoms with Crippen LogP contribution in [0.4, 0.5) is 0 Å². The molecule has 1 aromatic carbocycles. The largest absolute Gasteiger partial charge is 0.508 e. The lowest BCUT2D eigenvalue weighted by Crippen LogP contribution is -2.53. The van der Waals surface area contributed by atoms with Gasteiger partial charge in [-0.1, -0.05) is 18.2 Å². The van der Waals surface area contributed by atoms with Gasteiger partial charge >= 0.3 is 0 Å². The molecule has 1 atom stereocenters. The number of hydrogen-bond donors (Lipinski definition) is 2. The summed E-state index contributed by atoms with van der Waals surface area (Å²) in [6.45, 7) is 2.38. The number of para-hydroxylation sites is 1. The van der Waals surface area contributed by atoms with Gasteiger partial charge in [-0.3, -0.25) is 9.59 Å². The van der Waals surface area contributed by atoms with Gasteiger partial charge in [0.1, 0.15) is 11.8 Å². The van der Waals surface area contributed by atoms with Gasteiger partial charge in [-0.15, -0.1) is 0 Å². The molecule has 0 aromatic heterocycles. The lowest BCUT2D eigenvalue weighted by molar-refractivity contribution is -0.144. The van der Waals surface area contributed by atoms with Crippen LogP contribution in [0, 0.1) is 0 Å². The van der Waals surface area contributed by atoms with Crippen LogP contribution in [0.2, 0.25) is 0 Å². The van der Waals surface area contributed by atoms with Crippen molar-refractivity contribution in [2.75, 3.05) is 13.1 Å². The Bertz CT molecular complexity index is 459. The summed E-state index contributed by atoms with van der Waals surface area (Å²) in [6, 6.07) is 5.75. The van der Waals surface area contributed by atoms with E-state index in [0.717, 1.165) is 0 Å². The lowest BCUT2D eigenvalue weighted by atomic mass is 10.0. The molecular weight excluding hydrogens is 220 g/mol. The van der Waals surface area contributed by atoms with Gasteiger partial charge < -0.3 is 15.3 Å². The zero-order chi connectivity index (χ0) is 12.4. The highest BCUT2D eigenvalue weighted by Gasteiger charge is 2.33. The van der Waals surface area contributed by atoms with E-state index in [2.05, 4.69) is 5.32 Å². The minimum Gasteiger partial charge on any atom is -0.508 e. The predicted molar refractivity (Wildman–Crippen MR) is 61.2 cm³/mol. The van der Waals surface area contributed by atoms with Crippen molar-refractivity contribution in [3.8, 4) is 5.75 Å². The van der Waals surface area contributed by atoms with Crippen LogP contribution in [-0.2, 0) is 9.59 Å². The third-order valence-corrected chi connectivity index (χ3v) is 2.83. The number of phenolic OH excluding ortho intramolecular Hbond substituents is 1. The van der Waals surface area contributed by atoms with Crippen molar-refractivity contribution in [3.05, 3.63) is 29.8 Å². The number of nitrogens with zero attached hydrogens (tertiary/aromatic N) is 1. The quantitative estimate of drug-likeness (QED) is 0.778. The number of carbonyl (C=O) groups excluding carboxylic acids is 2. The molecule has 0 aliphatic carbocycles. The maximum atomic E-state index is 12.1. The highest BCUT2D eigenvalue weighted by Crippen LogP contribution is 2.26. The molecule has 0 spiro atoms. The first kappa shape index (κ1) is 11.4. The second kappa shape index (κ2) is 4.45. The summed E-state index contributed by atoms with van der Waals surface area (Å²) in [5.74, 6) is -0.377. The standard InChI is InChI=1S/C12H14N2O3/c1-2-14-7-10(16)13-11(12(14)17)8-5-3-4-6-9(8)15/h3-6,11,15H,2,7H2,1H3,(H,13,16)/t11-/m0/s1. The van der Waals surface area contributed by atoms with Crippen LogP contribution in [0.3, 0.4) is 0 Å². The molecule has 17 heavy (non-hydrogen) atoms. The molecule has 1 fully saturated rings. The number of nitrogens with one attached hydrogen (secondary N) is 1. The molecule has 90 valence electrons. The number of likely N-dealkylation sites (N-methyl/N-ethyl adjacent to an activating group) is 1. The molecule has 1 saturated heterocycles. The third kappa shape index (κ3) is 2.08. The number of aromatic hydroxyl groups is 1. The van der Waals surface area contributed by atoms with Crippen molar-refractivity contribution >= 4 is 11.8 Å². The highest BCUT2D eigenvalue weighted by atomic mass is 16.3. The first-order valence-corrected chi connectivity index (χ1v) is 5.49. The van der Waals surface area contributed by atoms with E-state index in [9.17, 15) is 14.7 Å². The van der Waals surface area contributed by atoms with E-state index in [4.69, 9.17) is 0 Å². The van der Waals surface area contributed by atoms with Crippen LogP contribution in [0.1, 0.15) is 18.5 Å². The molecule has 5 heteroatoms. The Balaban J connectivity index is 2.34. The number of hydrogen-bond acceptors (Lipinski definition) is 3. The van der Waals surface area contributed by atoms with Crippen molar-refractivity contribution < 1.29 is 14.7 Å². The summed E-state index contributed by atoms with van der Waals surface area (Å²) in [5.41, 5.74) is 0.434. The molecular formula is C12H14N2O3. The van der Waals surface area contributed by atoms with E-state index in [1.54, 1.807) is 18.2 Å². The summed E-state index contributed by atoms with van der Waals surface area (Å²) in [5, 5.41) is 12.3. The average molecular weight is 234 g/mol. The number of rotatable bonds is 2. The fraction of sp³-hybridized carbons (Fsp3) is 0.333. The second-order valence-corrected chi connectivity index (χ2v) is 3.91. The van der Waals surface area contributed by atoms with E-state index in [1.165, 1.54) is 11.0 Å². The Morgan fingerprint density at radius 1 is 1.41 bits per heavy atom. The Kier molecular flexibility index (Phi) is 2.99. The number of carbonyl (C=O) groups is 2. The fourth-order valence-corrected chi connectivity index (χ4v) is 1.91. The van der Waals surface area contributed by atoms with E-state index in [0.29, 0.717) is 12.1 Å². The first-order valence-electron chi connectivity index (χ1n) is 5.49. The molecule has 0 radical (unpaired) electrons. The SMILES string of the molecule is CCN1CC(=O)N[C@@H](c2ccccc2O)C1=O. The van der Waals surface area contributed by atoms with Gasteiger partial charge in [0.15, 0.2) is 0 Å². The average Bonchev–Trinajstić information content (AvgIpc) is 2.32. The van der Waals surface area contributed by atoms with Crippen molar-refractivity contribution in [2.24, 2.45) is 0 Å². The van der Waals surface area contributed by atoms with Crippen LogP contribution < -0.4 is 5.32 Å². The molecule has 5 nitrogen and oxygen atoms in total. The molecule has 1 aliphatic rings. The van der Waals surface area contributed by atoms with Gasteiger partial charge in [0.25, 0.3) is 0 Å². The fourth-order valence-electron chi connectivity index (χ4n) is 1.91. The number of benzene rings is 1. The summed E-state index contributed by atoms with van der Waals surface area (Å²) in [4.78, 5) is 25.0. The van der Waals surface area contributed by atoms with E-state index >= 15 is 0 Å². The zero-order valence-corrected chi connectivity index (χ0v) is 9.51. The van der Waals surface area contributed by atoms with E-state index < -0.39 is 6.04 Å². The monoisotopic (exact) mass is 234 g/mol. The van der Waals surface area contributed by atoms with Gasteiger partial charge in [0.2, 0.25) is 11.8 Å². The van der Waals surface area contributed by atoms with Crippen LogP contribution in [0.25, 0.3) is 0 Å². The normalized spacial score (nSPS) is 20.3. The summed E-state index contributed by atoms with van der Waals surface area (Å²) < 4.78 is 0. The van der Waals surface area contributed by atoms with Crippen molar-refractivity contribution in [2.45, 2.75) is 13.0 Å². The third-order valence-electron chi connectivity index (χ3n) is 2.83. The molecule has 0 bridgehead atoms. The molecule has 1 aromatic rings. The first-order chi connectivity index (χ1) is 8.13. The van der Waals surface area contributed by atoms with Crippen LogP contribution in [-0.4, -0.2) is 34.9 Å².